The Morgan fingerprint density at radius 3 is 2.78 bits per heavy atom. The molecule has 0 aromatic heterocycles. The summed E-state index contributed by atoms with van der Waals surface area (Å²) in [6.07, 6.45) is 0.683. The van der Waals surface area contributed by atoms with Gasteiger partial charge >= 0.3 is 0 Å². The van der Waals surface area contributed by atoms with Gasteiger partial charge < -0.3 is 14.7 Å². The Morgan fingerprint density at radius 1 is 1.50 bits per heavy atom. The van der Waals surface area contributed by atoms with E-state index in [4.69, 9.17) is 9.84 Å². The summed E-state index contributed by atoms with van der Waals surface area (Å²) >= 11 is 0. The number of halogens is 1. The van der Waals surface area contributed by atoms with Gasteiger partial charge in [-0.3, -0.25) is 4.79 Å². The predicted octanol–water partition coefficient (Wildman–Crippen LogP) is 1.22. The number of ether oxygens (including phenoxy) is 1. The van der Waals surface area contributed by atoms with Gasteiger partial charge in [-0.25, -0.2) is 4.39 Å². The van der Waals surface area contributed by atoms with Crippen molar-refractivity contribution in [1.82, 2.24) is 4.90 Å². The van der Waals surface area contributed by atoms with Gasteiger partial charge in [-0.1, -0.05) is 6.07 Å². The third-order valence-corrected chi connectivity index (χ3v) is 2.70. The maximum absolute atomic E-state index is 13.4. The topological polar surface area (TPSA) is 49.8 Å². The number of aliphatic hydroxyl groups excluding tert-OH is 1. The summed E-state index contributed by atoms with van der Waals surface area (Å²) < 4.78 is 18.2. The molecule has 1 amide bonds. The number of benzene rings is 1. The van der Waals surface area contributed by atoms with Gasteiger partial charge in [0.15, 0.2) is 11.6 Å². The van der Waals surface area contributed by atoms with E-state index in [9.17, 15) is 9.18 Å². The standard InChI is InChI=1S/C13H18FNO3/c1-15(13(17)6-8-16)7-5-10-3-4-12(18-2)11(14)9-10/h3-4,9,16H,5-8H2,1-2H3. The number of nitrogens with zero attached hydrogens (tertiary/aromatic N) is 1. The van der Waals surface area contributed by atoms with Crippen LogP contribution in [-0.4, -0.2) is 43.2 Å². The molecule has 0 spiro atoms. The van der Waals surface area contributed by atoms with Gasteiger partial charge in [-0.2, -0.15) is 0 Å². The lowest BCUT2D eigenvalue weighted by molar-refractivity contribution is -0.130. The molecule has 1 rings (SSSR count). The van der Waals surface area contributed by atoms with Crippen LogP contribution in [0.5, 0.6) is 5.75 Å². The summed E-state index contributed by atoms with van der Waals surface area (Å²) in [7, 11) is 3.08. The molecule has 0 unspecified atom stereocenters. The van der Waals surface area contributed by atoms with E-state index in [2.05, 4.69) is 0 Å². The highest BCUT2D eigenvalue weighted by Gasteiger charge is 2.09. The Kier molecular flexibility index (Phi) is 5.58. The molecule has 0 aliphatic rings. The first kappa shape index (κ1) is 14.4. The molecule has 0 atom stereocenters. The largest absolute Gasteiger partial charge is 0.494 e. The molecular formula is C13H18FNO3. The molecule has 0 aliphatic carbocycles. The molecule has 4 nitrogen and oxygen atoms in total. The van der Waals surface area contributed by atoms with E-state index in [0.29, 0.717) is 13.0 Å². The average molecular weight is 255 g/mol. The molecule has 0 saturated heterocycles. The molecule has 100 valence electrons. The molecule has 0 saturated carbocycles. The van der Waals surface area contributed by atoms with E-state index in [1.54, 1.807) is 19.2 Å². The van der Waals surface area contributed by atoms with E-state index >= 15 is 0 Å². The second-order valence-electron chi connectivity index (χ2n) is 4.01. The first-order valence-electron chi connectivity index (χ1n) is 5.75. The zero-order valence-corrected chi connectivity index (χ0v) is 10.6. The number of carbonyl (C=O) groups excluding carboxylic acids is 1. The quantitative estimate of drug-likeness (QED) is 0.831. The van der Waals surface area contributed by atoms with E-state index in [0.717, 1.165) is 5.56 Å². The summed E-state index contributed by atoms with van der Waals surface area (Å²) in [4.78, 5) is 12.9. The first-order valence-corrected chi connectivity index (χ1v) is 5.75. The number of rotatable bonds is 6. The molecule has 0 heterocycles. The zero-order valence-electron chi connectivity index (χ0n) is 10.6. The normalized spacial score (nSPS) is 10.2. The maximum Gasteiger partial charge on any atom is 0.224 e. The van der Waals surface area contributed by atoms with Crippen LogP contribution < -0.4 is 4.74 Å². The number of amides is 1. The van der Waals surface area contributed by atoms with Gasteiger partial charge in [-0.05, 0) is 24.1 Å². The molecule has 0 aliphatic heterocycles. The molecule has 0 radical (unpaired) electrons. The van der Waals surface area contributed by atoms with Crippen LogP contribution in [0.25, 0.3) is 0 Å². The van der Waals surface area contributed by atoms with Crippen LogP contribution >= 0.6 is 0 Å². The van der Waals surface area contributed by atoms with E-state index in [1.807, 2.05) is 0 Å². The van der Waals surface area contributed by atoms with Gasteiger partial charge in [0.25, 0.3) is 0 Å². The Balaban J connectivity index is 2.53. The average Bonchev–Trinajstić information content (AvgIpc) is 2.36. The van der Waals surface area contributed by atoms with Crippen LogP contribution in [0.4, 0.5) is 4.39 Å². The summed E-state index contributed by atoms with van der Waals surface area (Å²) in [5, 5.41) is 8.65. The minimum absolute atomic E-state index is 0.119. The number of hydrogen-bond donors (Lipinski definition) is 1. The lowest BCUT2D eigenvalue weighted by Crippen LogP contribution is -2.29. The van der Waals surface area contributed by atoms with Gasteiger partial charge in [0.2, 0.25) is 5.91 Å². The maximum atomic E-state index is 13.4. The number of carbonyl (C=O) groups is 1. The summed E-state index contributed by atoms with van der Waals surface area (Å²) in [6, 6.07) is 4.75. The fourth-order valence-corrected chi connectivity index (χ4v) is 1.57. The minimum atomic E-state index is -0.403. The van der Waals surface area contributed by atoms with Crippen LogP contribution in [-0.2, 0) is 11.2 Å². The van der Waals surface area contributed by atoms with Crippen molar-refractivity contribution in [2.45, 2.75) is 12.8 Å². The summed E-state index contributed by atoms with van der Waals surface area (Å²) in [5.74, 6) is -0.311. The van der Waals surface area contributed by atoms with Crippen LogP contribution in [0.2, 0.25) is 0 Å². The van der Waals surface area contributed by atoms with Crippen LogP contribution in [0.3, 0.4) is 0 Å². The van der Waals surface area contributed by atoms with Gasteiger partial charge in [-0.15, -0.1) is 0 Å². The Hall–Kier alpha value is -1.62. The lowest BCUT2D eigenvalue weighted by Gasteiger charge is -2.16. The lowest BCUT2D eigenvalue weighted by atomic mass is 10.1. The molecule has 0 bridgehead atoms. The van der Waals surface area contributed by atoms with Crippen molar-refractivity contribution in [2.24, 2.45) is 0 Å². The Labute approximate surface area is 106 Å². The van der Waals surface area contributed by atoms with Crippen molar-refractivity contribution in [2.75, 3.05) is 27.3 Å². The smallest absolute Gasteiger partial charge is 0.224 e. The number of methoxy groups -OCH3 is 1. The fraction of sp³-hybridized carbons (Fsp3) is 0.462. The molecule has 1 aromatic rings. The second-order valence-corrected chi connectivity index (χ2v) is 4.01. The number of hydrogen-bond acceptors (Lipinski definition) is 3. The van der Waals surface area contributed by atoms with Gasteiger partial charge in [0.1, 0.15) is 0 Å². The van der Waals surface area contributed by atoms with Crippen LogP contribution in [0.1, 0.15) is 12.0 Å². The fourth-order valence-electron chi connectivity index (χ4n) is 1.57. The summed E-state index contributed by atoms with van der Waals surface area (Å²) in [5.41, 5.74) is 0.803. The van der Waals surface area contributed by atoms with Crippen molar-refractivity contribution in [3.63, 3.8) is 0 Å². The predicted molar refractivity (Wildman–Crippen MR) is 66.0 cm³/mol. The van der Waals surface area contributed by atoms with Crippen molar-refractivity contribution in [3.05, 3.63) is 29.6 Å². The second kappa shape index (κ2) is 6.96. The highest BCUT2D eigenvalue weighted by molar-refractivity contribution is 5.75. The molecule has 18 heavy (non-hydrogen) atoms. The van der Waals surface area contributed by atoms with E-state index < -0.39 is 5.82 Å². The van der Waals surface area contributed by atoms with Crippen molar-refractivity contribution in [1.29, 1.82) is 0 Å². The Morgan fingerprint density at radius 2 is 2.22 bits per heavy atom. The summed E-state index contributed by atoms with van der Waals surface area (Å²) in [6.45, 7) is 0.338. The van der Waals surface area contributed by atoms with Crippen molar-refractivity contribution < 1.29 is 19.0 Å². The molecule has 1 aromatic carbocycles. The highest BCUT2D eigenvalue weighted by atomic mass is 19.1. The van der Waals surface area contributed by atoms with E-state index in [-0.39, 0.29) is 24.7 Å². The number of likely N-dealkylation sites (N-methyl/N-ethyl adjacent to an activating group) is 1. The van der Waals surface area contributed by atoms with E-state index in [1.165, 1.54) is 18.1 Å². The van der Waals surface area contributed by atoms with Gasteiger partial charge in [0, 0.05) is 20.0 Å². The molecule has 0 fully saturated rings. The SMILES string of the molecule is COc1ccc(CCN(C)C(=O)CCO)cc1F. The van der Waals surface area contributed by atoms with Crippen molar-refractivity contribution in [3.8, 4) is 5.75 Å². The monoisotopic (exact) mass is 255 g/mol. The molecule has 5 heteroatoms. The van der Waals surface area contributed by atoms with Crippen molar-refractivity contribution >= 4 is 5.91 Å². The minimum Gasteiger partial charge on any atom is -0.494 e. The molecule has 1 N–H and O–H groups in total. The zero-order chi connectivity index (χ0) is 13.5. The Bertz CT molecular complexity index is 409. The van der Waals surface area contributed by atoms with Crippen LogP contribution in [0, 0.1) is 5.82 Å². The highest BCUT2D eigenvalue weighted by Crippen LogP contribution is 2.18. The number of aliphatic hydroxyl groups is 1. The third kappa shape index (κ3) is 4.00. The van der Waals surface area contributed by atoms with Gasteiger partial charge in [0.05, 0.1) is 13.7 Å². The first-order chi connectivity index (χ1) is 8.58. The molecular weight excluding hydrogens is 237 g/mol. The third-order valence-electron chi connectivity index (χ3n) is 2.70. The van der Waals surface area contributed by atoms with Crippen LogP contribution in [0.15, 0.2) is 18.2 Å².